The Bertz CT molecular complexity index is 213. The van der Waals surface area contributed by atoms with E-state index < -0.39 is 12.3 Å². The highest BCUT2D eigenvalue weighted by atomic mass is 16.7. The SMILES string of the molecule is CC(C)(C)C(CO)OC(=O)OCCCCCN. The van der Waals surface area contributed by atoms with E-state index >= 15 is 0 Å². The van der Waals surface area contributed by atoms with Crippen molar-refractivity contribution in [3.05, 3.63) is 0 Å². The number of nitrogens with two attached hydrogens (primary N) is 1. The lowest BCUT2D eigenvalue weighted by molar-refractivity contribution is -0.0410. The maximum absolute atomic E-state index is 11.3. The van der Waals surface area contributed by atoms with E-state index in [0.29, 0.717) is 13.2 Å². The van der Waals surface area contributed by atoms with Crippen molar-refractivity contribution in [1.29, 1.82) is 0 Å². The first-order chi connectivity index (χ1) is 7.91. The third-order valence-electron chi connectivity index (χ3n) is 2.44. The minimum atomic E-state index is -0.716. The minimum Gasteiger partial charge on any atom is -0.434 e. The molecule has 0 spiro atoms. The highest BCUT2D eigenvalue weighted by Gasteiger charge is 2.28. The first kappa shape index (κ1) is 16.2. The van der Waals surface area contributed by atoms with Gasteiger partial charge in [0.05, 0.1) is 13.2 Å². The van der Waals surface area contributed by atoms with Crippen LogP contribution in [0.4, 0.5) is 4.79 Å². The van der Waals surface area contributed by atoms with Gasteiger partial charge in [-0.2, -0.15) is 0 Å². The average Bonchev–Trinajstić information content (AvgIpc) is 2.24. The van der Waals surface area contributed by atoms with E-state index in [1.807, 2.05) is 20.8 Å². The molecule has 1 atom stereocenters. The highest BCUT2D eigenvalue weighted by Crippen LogP contribution is 2.22. The summed E-state index contributed by atoms with van der Waals surface area (Å²) in [7, 11) is 0. The summed E-state index contributed by atoms with van der Waals surface area (Å²) >= 11 is 0. The molecule has 0 saturated heterocycles. The molecule has 102 valence electrons. The molecule has 0 amide bonds. The van der Waals surface area contributed by atoms with Crippen LogP contribution in [0.25, 0.3) is 0 Å². The minimum absolute atomic E-state index is 0.203. The van der Waals surface area contributed by atoms with Crippen LogP contribution in [0, 0.1) is 5.41 Å². The third kappa shape index (κ3) is 7.99. The van der Waals surface area contributed by atoms with Crippen LogP contribution in [0.2, 0.25) is 0 Å². The molecule has 0 aliphatic heterocycles. The van der Waals surface area contributed by atoms with Crippen LogP contribution in [-0.4, -0.2) is 37.1 Å². The molecule has 3 N–H and O–H groups in total. The molecular weight excluding hydrogens is 222 g/mol. The zero-order valence-electron chi connectivity index (χ0n) is 11.1. The summed E-state index contributed by atoms with van der Waals surface area (Å²) in [6.45, 7) is 6.46. The number of aliphatic hydroxyl groups excluding tert-OH is 1. The van der Waals surface area contributed by atoms with Gasteiger partial charge in [0.25, 0.3) is 0 Å². The molecular formula is C12H25NO4. The second-order valence-electron chi connectivity index (χ2n) is 5.10. The zero-order chi connectivity index (χ0) is 13.3. The molecule has 1 unspecified atom stereocenters. The number of carbonyl (C=O) groups is 1. The number of hydrogen-bond donors (Lipinski definition) is 2. The number of aliphatic hydroxyl groups is 1. The molecule has 0 aromatic heterocycles. The van der Waals surface area contributed by atoms with Crippen LogP contribution < -0.4 is 5.73 Å². The average molecular weight is 247 g/mol. The topological polar surface area (TPSA) is 81.8 Å². The molecule has 5 heteroatoms. The first-order valence-corrected chi connectivity index (χ1v) is 6.06. The molecule has 0 aliphatic carbocycles. The van der Waals surface area contributed by atoms with Gasteiger partial charge in [0.2, 0.25) is 0 Å². The zero-order valence-corrected chi connectivity index (χ0v) is 11.1. The van der Waals surface area contributed by atoms with Gasteiger partial charge in [-0.15, -0.1) is 0 Å². The Morgan fingerprint density at radius 2 is 1.94 bits per heavy atom. The largest absolute Gasteiger partial charge is 0.508 e. The molecule has 0 fully saturated rings. The lowest BCUT2D eigenvalue weighted by atomic mass is 9.89. The van der Waals surface area contributed by atoms with E-state index in [1.54, 1.807) is 0 Å². The van der Waals surface area contributed by atoms with Crippen LogP contribution >= 0.6 is 0 Å². The Labute approximate surface area is 103 Å². The van der Waals surface area contributed by atoms with Crippen LogP contribution in [0.15, 0.2) is 0 Å². The van der Waals surface area contributed by atoms with E-state index in [1.165, 1.54) is 0 Å². The lowest BCUT2D eigenvalue weighted by Gasteiger charge is -2.27. The van der Waals surface area contributed by atoms with Crippen LogP contribution in [0.3, 0.4) is 0 Å². The van der Waals surface area contributed by atoms with Crippen molar-refractivity contribution in [2.45, 2.75) is 46.1 Å². The second-order valence-corrected chi connectivity index (χ2v) is 5.10. The predicted octanol–water partition coefficient (Wildman–Crippen LogP) is 1.68. The van der Waals surface area contributed by atoms with Gasteiger partial charge >= 0.3 is 6.16 Å². The summed E-state index contributed by atoms with van der Waals surface area (Å²) in [6.07, 6.45) is 1.39. The number of rotatable bonds is 7. The number of ether oxygens (including phenoxy) is 2. The molecule has 0 rings (SSSR count). The van der Waals surface area contributed by atoms with Gasteiger partial charge in [-0.25, -0.2) is 4.79 Å². The van der Waals surface area contributed by atoms with E-state index in [2.05, 4.69) is 0 Å². The fraction of sp³-hybridized carbons (Fsp3) is 0.917. The van der Waals surface area contributed by atoms with Crippen molar-refractivity contribution in [1.82, 2.24) is 0 Å². The Kier molecular flexibility index (Phi) is 7.91. The quantitative estimate of drug-likeness (QED) is 0.528. The lowest BCUT2D eigenvalue weighted by Crippen LogP contribution is -2.35. The summed E-state index contributed by atoms with van der Waals surface area (Å²) < 4.78 is 9.94. The standard InChI is InChI=1S/C12H25NO4/c1-12(2,3)10(9-14)17-11(15)16-8-6-4-5-7-13/h10,14H,4-9,13H2,1-3H3. The molecule has 17 heavy (non-hydrogen) atoms. The molecule has 0 aliphatic rings. The molecule has 0 heterocycles. The smallest absolute Gasteiger partial charge is 0.434 e. The number of carbonyl (C=O) groups excluding carboxylic acids is 1. The Morgan fingerprint density at radius 3 is 2.41 bits per heavy atom. The molecule has 0 aromatic carbocycles. The van der Waals surface area contributed by atoms with Gasteiger partial charge in [0.15, 0.2) is 0 Å². The Morgan fingerprint density at radius 1 is 1.29 bits per heavy atom. The molecule has 0 bridgehead atoms. The van der Waals surface area contributed by atoms with Gasteiger partial charge in [-0.3, -0.25) is 0 Å². The van der Waals surface area contributed by atoms with E-state index in [0.717, 1.165) is 19.3 Å². The van der Waals surface area contributed by atoms with E-state index in [9.17, 15) is 4.79 Å². The summed E-state index contributed by atoms with van der Waals surface area (Å²) in [6, 6.07) is 0. The van der Waals surface area contributed by atoms with Crippen molar-refractivity contribution in [2.75, 3.05) is 19.8 Å². The summed E-state index contributed by atoms with van der Waals surface area (Å²) in [5.41, 5.74) is 5.04. The monoisotopic (exact) mass is 247 g/mol. The first-order valence-electron chi connectivity index (χ1n) is 6.06. The normalized spacial score (nSPS) is 13.2. The van der Waals surface area contributed by atoms with Crippen LogP contribution in [0.1, 0.15) is 40.0 Å². The van der Waals surface area contributed by atoms with Crippen molar-refractivity contribution < 1.29 is 19.4 Å². The maximum atomic E-state index is 11.3. The summed E-state index contributed by atoms with van der Waals surface area (Å²) in [4.78, 5) is 11.3. The van der Waals surface area contributed by atoms with Crippen molar-refractivity contribution >= 4 is 6.16 Å². The van der Waals surface area contributed by atoms with Gasteiger partial charge < -0.3 is 20.3 Å². The fourth-order valence-electron chi connectivity index (χ4n) is 1.22. The van der Waals surface area contributed by atoms with Crippen LogP contribution in [0.5, 0.6) is 0 Å². The van der Waals surface area contributed by atoms with Crippen molar-refractivity contribution in [3.8, 4) is 0 Å². The molecule has 0 radical (unpaired) electrons. The van der Waals surface area contributed by atoms with Gasteiger partial charge in [0.1, 0.15) is 6.10 Å². The molecule has 0 saturated carbocycles. The van der Waals surface area contributed by atoms with E-state index in [-0.39, 0.29) is 12.0 Å². The van der Waals surface area contributed by atoms with Crippen LogP contribution in [-0.2, 0) is 9.47 Å². The van der Waals surface area contributed by atoms with Crippen molar-refractivity contribution in [3.63, 3.8) is 0 Å². The maximum Gasteiger partial charge on any atom is 0.508 e. The summed E-state index contributed by atoms with van der Waals surface area (Å²) in [5.74, 6) is 0. The highest BCUT2D eigenvalue weighted by molar-refractivity contribution is 5.60. The van der Waals surface area contributed by atoms with Gasteiger partial charge in [0, 0.05) is 5.41 Å². The Balaban J connectivity index is 3.77. The fourth-order valence-corrected chi connectivity index (χ4v) is 1.22. The summed E-state index contributed by atoms with van der Waals surface area (Å²) in [5, 5.41) is 9.11. The second kappa shape index (κ2) is 8.31. The Hall–Kier alpha value is -0.810. The van der Waals surface area contributed by atoms with Gasteiger partial charge in [-0.05, 0) is 25.8 Å². The molecule has 5 nitrogen and oxygen atoms in total. The number of hydrogen-bond acceptors (Lipinski definition) is 5. The predicted molar refractivity (Wildman–Crippen MR) is 65.7 cm³/mol. The molecule has 0 aromatic rings. The van der Waals surface area contributed by atoms with Gasteiger partial charge in [-0.1, -0.05) is 20.8 Å². The van der Waals surface area contributed by atoms with E-state index in [4.69, 9.17) is 20.3 Å². The number of unbranched alkanes of at least 4 members (excludes halogenated alkanes) is 2. The third-order valence-corrected chi connectivity index (χ3v) is 2.44. The van der Waals surface area contributed by atoms with Crippen molar-refractivity contribution in [2.24, 2.45) is 11.1 Å².